The summed E-state index contributed by atoms with van der Waals surface area (Å²) < 4.78 is 36.3. The first kappa shape index (κ1) is 22.7. The Bertz CT molecular complexity index is 1470. The van der Waals surface area contributed by atoms with Crippen LogP contribution in [-0.4, -0.2) is 47.0 Å². The summed E-state index contributed by atoms with van der Waals surface area (Å²) in [5.41, 5.74) is 1.14. The molecule has 6 rings (SSSR count). The average molecular weight is 494 g/mol. The quantitative estimate of drug-likeness (QED) is 0.605. The van der Waals surface area contributed by atoms with Crippen molar-refractivity contribution in [2.24, 2.45) is 5.92 Å². The molecule has 36 heavy (non-hydrogen) atoms. The predicted octanol–water partition coefficient (Wildman–Crippen LogP) is 2.89. The van der Waals surface area contributed by atoms with Crippen LogP contribution in [0.5, 0.6) is 5.75 Å². The summed E-state index contributed by atoms with van der Waals surface area (Å²) in [5, 5.41) is 12.7. The molecule has 2 aromatic carbocycles. The van der Waals surface area contributed by atoms with Crippen LogP contribution in [0, 0.1) is 17.6 Å². The molecular weight excluding hydrogens is 468 g/mol. The Balaban J connectivity index is 1.70. The second-order valence-electron chi connectivity index (χ2n) is 9.61. The number of methoxy groups -OCH3 is 1. The summed E-state index contributed by atoms with van der Waals surface area (Å²) >= 11 is 0. The number of aromatic hydroxyl groups is 1. The zero-order chi connectivity index (χ0) is 25.4. The van der Waals surface area contributed by atoms with Crippen molar-refractivity contribution in [2.75, 3.05) is 25.3 Å². The molecule has 3 atom stereocenters. The lowest BCUT2D eigenvalue weighted by molar-refractivity contribution is 0.0433. The molecular formula is C27H25F2N3O4. The van der Waals surface area contributed by atoms with Crippen molar-refractivity contribution in [1.29, 1.82) is 0 Å². The molecule has 1 aliphatic heterocycles. The third-order valence-corrected chi connectivity index (χ3v) is 7.99. The summed E-state index contributed by atoms with van der Waals surface area (Å²) in [6.07, 6.45) is 1.84. The van der Waals surface area contributed by atoms with E-state index in [1.54, 1.807) is 11.0 Å². The minimum absolute atomic E-state index is 0.162. The van der Waals surface area contributed by atoms with Crippen molar-refractivity contribution in [3.8, 4) is 5.75 Å². The van der Waals surface area contributed by atoms with E-state index in [2.05, 4.69) is 0 Å². The van der Waals surface area contributed by atoms with Crippen LogP contribution >= 0.6 is 0 Å². The molecule has 2 heterocycles. The molecule has 3 aromatic rings. The predicted molar refractivity (Wildman–Crippen MR) is 127 cm³/mol. The van der Waals surface area contributed by atoms with Gasteiger partial charge in [-0.05, 0) is 48.1 Å². The minimum Gasteiger partial charge on any atom is -0.502 e. The number of halogens is 2. The molecule has 0 fully saturated rings. The van der Waals surface area contributed by atoms with Crippen molar-refractivity contribution in [3.63, 3.8) is 0 Å². The minimum atomic E-state index is -0.970. The lowest BCUT2D eigenvalue weighted by Gasteiger charge is -2.54. The molecule has 0 saturated heterocycles. The molecule has 0 bridgehead atoms. The maximum atomic E-state index is 15.2. The van der Waals surface area contributed by atoms with Crippen LogP contribution in [0.2, 0.25) is 0 Å². The van der Waals surface area contributed by atoms with E-state index in [-0.39, 0.29) is 24.8 Å². The zero-order valence-corrected chi connectivity index (χ0v) is 19.9. The average Bonchev–Trinajstić information content (AvgIpc) is 3.35. The molecule has 1 amide bonds. The standard InChI is InChI=1S/C27H25F2N3O4/c1-15-30(11-12-36-2)26(35)24-25(34)22(33)9-10-31(24)32(15)27-17(13-16-5-3-4-6-19(16)27)14-18-20(27)7-8-21(28)23(18)29/h3-10,15,17,34H,11-14H2,1-2H3. The van der Waals surface area contributed by atoms with Gasteiger partial charge in [-0.15, -0.1) is 0 Å². The number of hydrogen-bond donors (Lipinski definition) is 1. The molecule has 3 aliphatic rings. The topological polar surface area (TPSA) is 75.0 Å². The van der Waals surface area contributed by atoms with Gasteiger partial charge in [-0.2, -0.15) is 0 Å². The molecule has 0 saturated carbocycles. The summed E-state index contributed by atoms with van der Waals surface area (Å²) in [4.78, 5) is 27.5. The number of ether oxygens (including phenoxy) is 1. The molecule has 7 nitrogen and oxygen atoms in total. The van der Waals surface area contributed by atoms with Gasteiger partial charge in [0.15, 0.2) is 23.1 Å². The number of hydrogen-bond acceptors (Lipinski definition) is 5. The van der Waals surface area contributed by atoms with Crippen LogP contribution in [0.1, 0.15) is 39.7 Å². The number of carbonyl (C=O) groups excluding carboxylic acids is 1. The van der Waals surface area contributed by atoms with Crippen molar-refractivity contribution in [1.82, 2.24) is 9.58 Å². The molecule has 9 heteroatoms. The normalized spacial score (nSPS) is 23.9. The second kappa shape index (κ2) is 7.89. The van der Waals surface area contributed by atoms with Gasteiger partial charge in [0.2, 0.25) is 5.43 Å². The van der Waals surface area contributed by atoms with Gasteiger partial charge in [0, 0.05) is 31.8 Å². The van der Waals surface area contributed by atoms with Crippen LogP contribution in [0.3, 0.4) is 0 Å². The van der Waals surface area contributed by atoms with Gasteiger partial charge >= 0.3 is 0 Å². The van der Waals surface area contributed by atoms with Gasteiger partial charge < -0.3 is 14.7 Å². The smallest absolute Gasteiger partial charge is 0.278 e. The highest BCUT2D eigenvalue weighted by atomic mass is 19.2. The monoisotopic (exact) mass is 493 g/mol. The first-order chi connectivity index (χ1) is 17.3. The zero-order valence-electron chi connectivity index (χ0n) is 19.9. The van der Waals surface area contributed by atoms with Gasteiger partial charge in [-0.25, -0.2) is 8.78 Å². The van der Waals surface area contributed by atoms with Crippen LogP contribution in [0.4, 0.5) is 8.78 Å². The Labute approximate surface area is 206 Å². The first-order valence-corrected chi connectivity index (χ1v) is 11.9. The van der Waals surface area contributed by atoms with E-state index in [1.807, 2.05) is 36.2 Å². The highest BCUT2D eigenvalue weighted by Gasteiger charge is 2.61. The number of amides is 1. The highest BCUT2D eigenvalue weighted by Crippen LogP contribution is 2.57. The summed E-state index contributed by atoms with van der Waals surface area (Å²) in [5.74, 6) is -3.09. The highest BCUT2D eigenvalue weighted by molar-refractivity contribution is 5.96. The number of fused-ring (bicyclic) bond motifs is 6. The van der Waals surface area contributed by atoms with E-state index >= 15 is 4.39 Å². The number of carbonyl (C=O) groups is 1. The third kappa shape index (κ3) is 2.74. The van der Waals surface area contributed by atoms with E-state index < -0.39 is 40.4 Å². The summed E-state index contributed by atoms with van der Waals surface area (Å²) in [7, 11) is 1.53. The van der Waals surface area contributed by atoms with E-state index in [0.717, 1.165) is 17.2 Å². The lowest BCUT2D eigenvalue weighted by Crippen LogP contribution is -2.68. The maximum Gasteiger partial charge on any atom is 0.278 e. The molecule has 0 radical (unpaired) electrons. The number of nitrogens with zero attached hydrogens (tertiary/aromatic N) is 3. The van der Waals surface area contributed by atoms with Crippen LogP contribution in [-0.2, 0) is 23.1 Å². The fourth-order valence-electron chi connectivity index (χ4n) is 6.57. The van der Waals surface area contributed by atoms with E-state index in [4.69, 9.17) is 4.74 Å². The lowest BCUT2D eigenvalue weighted by atomic mass is 9.81. The summed E-state index contributed by atoms with van der Waals surface area (Å²) in [6, 6.07) is 11.9. The molecule has 0 spiro atoms. The first-order valence-electron chi connectivity index (χ1n) is 11.9. The van der Waals surface area contributed by atoms with Gasteiger partial charge in [0.1, 0.15) is 11.7 Å². The van der Waals surface area contributed by atoms with E-state index in [9.17, 15) is 19.1 Å². The Morgan fingerprint density at radius 3 is 2.64 bits per heavy atom. The number of benzene rings is 2. The Morgan fingerprint density at radius 1 is 1.08 bits per heavy atom. The number of rotatable bonds is 4. The Hall–Kier alpha value is -3.72. The molecule has 186 valence electrons. The van der Waals surface area contributed by atoms with Crippen molar-refractivity contribution >= 4 is 5.91 Å². The largest absolute Gasteiger partial charge is 0.502 e. The second-order valence-corrected chi connectivity index (χ2v) is 9.61. The van der Waals surface area contributed by atoms with Crippen LogP contribution in [0.15, 0.2) is 53.5 Å². The number of pyridine rings is 1. The van der Waals surface area contributed by atoms with Gasteiger partial charge in [0.05, 0.1) is 6.61 Å². The molecule has 1 aromatic heterocycles. The van der Waals surface area contributed by atoms with Crippen molar-refractivity contribution in [3.05, 3.63) is 98.5 Å². The van der Waals surface area contributed by atoms with E-state index in [0.29, 0.717) is 24.0 Å². The summed E-state index contributed by atoms with van der Waals surface area (Å²) in [6.45, 7) is 2.31. The fraction of sp³-hybridized carbons (Fsp3) is 0.333. The van der Waals surface area contributed by atoms with Crippen molar-refractivity contribution < 1.29 is 23.4 Å². The molecule has 2 aliphatic carbocycles. The van der Waals surface area contributed by atoms with Crippen LogP contribution in [0.25, 0.3) is 0 Å². The SMILES string of the molecule is COCCN1C(=O)c2c(O)c(=O)ccn2N(C23c4ccccc4CC2Cc2c3ccc(F)c2F)C1C. The van der Waals surface area contributed by atoms with E-state index in [1.165, 1.54) is 24.0 Å². The Kier molecular flexibility index (Phi) is 4.98. The third-order valence-electron chi connectivity index (χ3n) is 7.99. The van der Waals surface area contributed by atoms with Gasteiger partial charge in [-0.1, -0.05) is 30.3 Å². The molecule has 1 N–H and O–H groups in total. The van der Waals surface area contributed by atoms with Crippen molar-refractivity contribution in [2.45, 2.75) is 31.5 Å². The van der Waals surface area contributed by atoms with Crippen LogP contribution < -0.4 is 10.4 Å². The Morgan fingerprint density at radius 2 is 1.86 bits per heavy atom. The fourth-order valence-corrected chi connectivity index (χ4v) is 6.57. The molecule has 3 unspecified atom stereocenters. The van der Waals surface area contributed by atoms with Gasteiger partial charge in [0.25, 0.3) is 5.91 Å². The maximum absolute atomic E-state index is 15.2. The number of aromatic nitrogens is 1. The van der Waals surface area contributed by atoms with Gasteiger partial charge in [-0.3, -0.25) is 19.3 Å².